The molecule has 0 saturated carbocycles. The minimum absolute atomic E-state index is 0.0373. The molecular weight excluding hydrogens is 240 g/mol. The molecule has 17 heavy (non-hydrogen) atoms. The largest absolute Gasteiger partial charge is 0.378 e. The number of halogens is 1. The average molecular weight is 255 g/mol. The van der Waals surface area contributed by atoms with Crippen molar-refractivity contribution in [1.29, 1.82) is 0 Å². The van der Waals surface area contributed by atoms with Crippen LogP contribution in [0.4, 0.5) is 0 Å². The van der Waals surface area contributed by atoms with Gasteiger partial charge in [-0.15, -0.1) is 0 Å². The number of carbonyl (C=O) groups excluding carboxylic acids is 1. The molecule has 0 spiro atoms. The number of amides is 1. The predicted molar refractivity (Wildman–Crippen MR) is 65.9 cm³/mol. The summed E-state index contributed by atoms with van der Waals surface area (Å²) in [6.45, 7) is 2.30. The first-order valence-corrected chi connectivity index (χ1v) is 5.97. The summed E-state index contributed by atoms with van der Waals surface area (Å²) in [6, 6.07) is 7.20. The lowest BCUT2D eigenvalue weighted by atomic mass is 10.2. The summed E-state index contributed by atoms with van der Waals surface area (Å²) in [5, 5.41) is 6.64. The van der Waals surface area contributed by atoms with E-state index in [0.717, 1.165) is 12.1 Å². The van der Waals surface area contributed by atoms with E-state index < -0.39 is 0 Å². The van der Waals surface area contributed by atoms with Crippen LogP contribution in [0.25, 0.3) is 0 Å². The maximum Gasteiger partial charge on any atom is 0.239 e. The Morgan fingerprint density at radius 1 is 1.59 bits per heavy atom. The lowest BCUT2D eigenvalue weighted by Gasteiger charge is -2.22. The molecule has 1 unspecified atom stereocenters. The molecule has 1 amide bonds. The Labute approximate surface area is 105 Å². The summed E-state index contributed by atoms with van der Waals surface area (Å²) in [5.41, 5.74) is 0.988. The van der Waals surface area contributed by atoms with Gasteiger partial charge in [0.25, 0.3) is 0 Å². The van der Waals surface area contributed by atoms with Crippen LogP contribution < -0.4 is 10.6 Å². The Morgan fingerprint density at radius 2 is 2.47 bits per heavy atom. The fourth-order valence-electron chi connectivity index (χ4n) is 1.69. The van der Waals surface area contributed by atoms with Crippen LogP contribution in [-0.2, 0) is 16.1 Å². The molecule has 1 aliphatic rings. The molecule has 1 saturated heterocycles. The molecule has 1 atom stereocenters. The Hall–Kier alpha value is -1.10. The first-order chi connectivity index (χ1) is 8.25. The molecular formula is C12H15ClN2O2. The van der Waals surface area contributed by atoms with Crippen LogP contribution in [0.2, 0.25) is 5.02 Å². The highest BCUT2D eigenvalue weighted by atomic mass is 35.5. The van der Waals surface area contributed by atoms with Crippen LogP contribution in [-0.4, -0.2) is 31.7 Å². The number of rotatable bonds is 3. The third kappa shape index (κ3) is 3.70. The van der Waals surface area contributed by atoms with Crippen molar-refractivity contribution in [3.05, 3.63) is 34.9 Å². The Morgan fingerprint density at radius 3 is 3.18 bits per heavy atom. The van der Waals surface area contributed by atoms with Gasteiger partial charge in [0, 0.05) is 18.1 Å². The topological polar surface area (TPSA) is 50.4 Å². The summed E-state index contributed by atoms with van der Waals surface area (Å²) in [7, 11) is 0. The van der Waals surface area contributed by atoms with Crippen LogP contribution in [0.5, 0.6) is 0 Å². The molecule has 1 aromatic carbocycles. The first-order valence-electron chi connectivity index (χ1n) is 5.59. The van der Waals surface area contributed by atoms with Crippen LogP contribution in [0, 0.1) is 0 Å². The van der Waals surface area contributed by atoms with Crippen molar-refractivity contribution in [2.75, 3.05) is 19.8 Å². The molecule has 2 N–H and O–H groups in total. The molecule has 4 nitrogen and oxygen atoms in total. The predicted octanol–water partition coefficient (Wildman–Crippen LogP) is 0.945. The Balaban J connectivity index is 1.83. The van der Waals surface area contributed by atoms with Gasteiger partial charge in [-0.05, 0) is 17.7 Å². The van der Waals surface area contributed by atoms with E-state index in [9.17, 15) is 4.79 Å². The van der Waals surface area contributed by atoms with Gasteiger partial charge in [0.15, 0.2) is 0 Å². The van der Waals surface area contributed by atoms with Gasteiger partial charge in [-0.25, -0.2) is 0 Å². The van der Waals surface area contributed by atoms with Crippen LogP contribution >= 0.6 is 11.6 Å². The molecule has 5 heteroatoms. The molecule has 92 valence electrons. The number of ether oxygens (including phenoxy) is 1. The molecule has 1 heterocycles. The van der Waals surface area contributed by atoms with Crippen molar-refractivity contribution in [2.24, 2.45) is 0 Å². The van der Waals surface area contributed by atoms with E-state index in [1.54, 1.807) is 0 Å². The van der Waals surface area contributed by atoms with Gasteiger partial charge in [-0.2, -0.15) is 0 Å². The van der Waals surface area contributed by atoms with Gasteiger partial charge in [0.1, 0.15) is 6.04 Å². The van der Waals surface area contributed by atoms with Crippen molar-refractivity contribution < 1.29 is 9.53 Å². The SMILES string of the molecule is O=C(NCc1cccc(Cl)c1)C1COCCN1. The maximum atomic E-state index is 11.8. The highest BCUT2D eigenvalue weighted by Crippen LogP contribution is 2.10. The van der Waals surface area contributed by atoms with Gasteiger partial charge in [0.05, 0.1) is 13.2 Å². The van der Waals surface area contributed by atoms with Crippen LogP contribution in [0.15, 0.2) is 24.3 Å². The Kier molecular flexibility index (Phi) is 4.36. The minimum atomic E-state index is -0.247. The fourth-order valence-corrected chi connectivity index (χ4v) is 1.91. The third-order valence-corrected chi connectivity index (χ3v) is 2.83. The highest BCUT2D eigenvalue weighted by molar-refractivity contribution is 6.30. The van der Waals surface area contributed by atoms with Crippen LogP contribution in [0.3, 0.4) is 0 Å². The monoisotopic (exact) mass is 254 g/mol. The molecule has 1 fully saturated rings. The van der Waals surface area contributed by atoms with Gasteiger partial charge >= 0.3 is 0 Å². The van der Waals surface area contributed by atoms with E-state index in [4.69, 9.17) is 16.3 Å². The smallest absolute Gasteiger partial charge is 0.239 e. The molecule has 0 bridgehead atoms. The molecule has 0 aliphatic carbocycles. The van der Waals surface area contributed by atoms with Gasteiger partial charge in [-0.1, -0.05) is 23.7 Å². The molecule has 0 radical (unpaired) electrons. The summed E-state index contributed by atoms with van der Waals surface area (Å²) in [5.74, 6) is -0.0373. The zero-order valence-electron chi connectivity index (χ0n) is 9.41. The number of nitrogens with one attached hydrogen (secondary N) is 2. The third-order valence-electron chi connectivity index (χ3n) is 2.59. The number of hydrogen-bond acceptors (Lipinski definition) is 3. The lowest BCUT2D eigenvalue weighted by Crippen LogP contribution is -2.51. The van der Waals surface area contributed by atoms with E-state index >= 15 is 0 Å². The second-order valence-electron chi connectivity index (χ2n) is 3.93. The second-order valence-corrected chi connectivity index (χ2v) is 4.37. The van der Waals surface area contributed by atoms with E-state index in [0.29, 0.717) is 24.8 Å². The first kappa shape index (κ1) is 12.4. The van der Waals surface area contributed by atoms with Crippen LogP contribution in [0.1, 0.15) is 5.56 Å². The summed E-state index contributed by atoms with van der Waals surface area (Å²) in [4.78, 5) is 11.8. The maximum absolute atomic E-state index is 11.8. The molecule has 0 aromatic heterocycles. The van der Waals surface area contributed by atoms with Gasteiger partial charge in [-0.3, -0.25) is 4.79 Å². The van der Waals surface area contributed by atoms with Crippen molar-refractivity contribution >= 4 is 17.5 Å². The van der Waals surface area contributed by atoms with Crippen molar-refractivity contribution in [3.8, 4) is 0 Å². The lowest BCUT2D eigenvalue weighted by molar-refractivity contribution is -0.126. The number of morpholine rings is 1. The normalized spacial score (nSPS) is 19.9. The molecule has 1 aliphatic heterocycles. The minimum Gasteiger partial charge on any atom is -0.378 e. The molecule has 1 aromatic rings. The second kappa shape index (κ2) is 6.00. The van der Waals surface area contributed by atoms with Gasteiger partial charge < -0.3 is 15.4 Å². The number of hydrogen-bond donors (Lipinski definition) is 2. The zero-order chi connectivity index (χ0) is 12.1. The summed E-state index contributed by atoms with van der Waals surface area (Å²) in [6.07, 6.45) is 0. The quantitative estimate of drug-likeness (QED) is 0.844. The van der Waals surface area contributed by atoms with Crippen molar-refractivity contribution in [3.63, 3.8) is 0 Å². The van der Waals surface area contributed by atoms with E-state index in [1.807, 2.05) is 24.3 Å². The average Bonchev–Trinajstić information content (AvgIpc) is 2.37. The molecule has 2 rings (SSSR count). The number of benzene rings is 1. The Bertz CT molecular complexity index is 392. The van der Waals surface area contributed by atoms with E-state index in [2.05, 4.69) is 10.6 Å². The number of carbonyl (C=O) groups is 1. The zero-order valence-corrected chi connectivity index (χ0v) is 10.2. The fraction of sp³-hybridized carbons (Fsp3) is 0.417. The van der Waals surface area contributed by atoms with Gasteiger partial charge in [0.2, 0.25) is 5.91 Å². The van der Waals surface area contributed by atoms with E-state index in [-0.39, 0.29) is 11.9 Å². The highest BCUT2D eigenvalue weighted by Gasteiger charge is 2.20. The van der Waals surface area contributed by atoms with Crippen molar-refractivity contribution in [2.45, 2.75) is 12.6 Å². The van der Waals surface area contributed by atoms with Crippen molar-refractivity contribution in [1.82, 2.24) is 10.6 Å². The standard InChI is InChI=1S/C12H15ClN2O2/c13-10-3-1-2-9(6-10)7-15-12(16)11-8-17-5-4-14-11/h1-3,6,11,14H,4-5,7-8H2,(H,15,16). The summed E-state index contributed by atoms with van der Waals surface area (Å²) >= 11 is 5.86. The summed E-state index contributed by atoms with van der Waals surface area (Å²) < 4.78 is 5.23. The van der Waals surface area contributed by atoms with E-state index in [1.165, 1.54) is 0 Å².